The fourth-order valence-electron chi connectivity index (χ4n) is 2.52. The van der Waals surface area contributed by atoms with E-state index in [2.05, 4.69) is 0 Å². The largest absolute Gasteiger partial charge is 0.300 e. The van der Waals surface area contributed by atoms with E-state index < -0.39 is 0 Å². The van der Waals surface area contributed by atoms with E-state index in [1.807, 2.05) is 0 Å². The third-order valence-corrected chi connectivity index (χ3v) is 3.37. The highest BCUT2D eigenvalue weighted by atomic mass is 16.1. The van der Waals surface area contributed by atoms with E-state index in [1.165, 1.54) is 32.1 Å². The molecular weight excluding hydrogens is 160 g/mol. The molecule has 2 rings (SSSR count). The van der Waals surface area contributed by atoms with Gasteiger partial charge in [-0.1, -0.05) is 17.6 Å². The summed E-state index contributed by atoms with van der Waals surface area (Å²) in [6.45, 7) is 0. The van der Waals surface area contributed by atoms with Crippen LogP contribution in [-0.4, -0.2) is 5.78 Å². The highest BCUT2D eigenvalue weighted by Gasteiger charge is 2.17. The Kier molecular flexibility index (Phi) is 2.82. The second-order valence-electron chi connectivity index (χ2n) is 4.31. The lowest BCUT2D eigenvalue weighted by Crippen LogP contribution is -2.09. The molecule has 0 unspecified atom stereocenters. The van der Waals surface area contributed by atoms with Gasteiger partial charge < -0.3 is 0 Å². The predicted octanol–water partition coefficient (Wildman–Crippen LogP) is 3.39. The summed E-state index contributed by atoms with van der Waals surface area (Å²) in [7, 11) is 0. The molecule has 0 bridgehead atoms. The molecule has 0 radical (unpaired) electrons. The highest BCUT2D eigenvalue weighted by Crippen LogP contribution is 2.32. The van der Waals surface area contributed by atoms with Crippen molar-refractivity contribution in [1.82, 2.24) is 0 Å². The number of ketones is 1. The normalized spacial score (nSPS) is 25.1. The molecule has 0 amide bonds. The van der Waals surface area contributed by atoms with Crippen LogP contribution in [-0.2, 0) is 4.79 Å². The highest BCUT2D eigenvalue weighted by molar-refractivity contribution is 5.80. The van der Waals surface area contributed by atoms with Crippen LogP contribution in [0.2, 0.25) is 0 Å². The third-order valence-electron chi connectivity index (χ3n) is 3.37. The third kappa shape index (κ3) is 2.20. The zero-order valence-corrected chi connectivity index (χ0v) is 8.27. The van der Waals surface area contributed by atoms with Gasteiger partial charge in [0.15, 0.2) is 0 Å². The van der Waals surface area contributed by atoms with Crippen LogP contribution in [0.5, 0.6) is 0 Å². The monoisotopic (exact) mass is 178 g/mol. The molecule has 0 aromatic carbocycles. The summed E-state index contributed by atoms with van der Waals surface area (Å²) in [4.78, 5) is 11.1. The van der Waals surface area contributed by atoms with Gasteiger partial charge in [0.05, 0.1) is 0 Å². The first-order valence-corrected chi connectivity index (χ1v) is 5.58. The molecule has 2 aliphatic carbocycles. The SMILES string of the molecule is O=C1CCC(=C2CCCCC2)CC1. The van der Waals surface area contributed by atoms with Crippen LogP contribution >= 0.6 is 0 Å². The van der Waals surface area contributed by atoms with Gasteiger partial charge in [0.2, 0.25) is 0 Å². The molecule has 0 aromatic rings. The second-order valence-corrected chi connectivity index (χ2v) is 4.31. The standard InChI is InChI=1S/C12H18O/c13-12-8-6-11(7-9-12)10-4-2-1-3-5-10/h1-9H2. The molecule has 0 saturated heterocycles. The van der Waals surface area contributed by atoms with Gasteiger partial charge in [0, 0.05) is 12.8 Å². The molecule has 13 heavy (non-hydrogen) atoms. The predicted molar refractivity (Wildman–Crippen MR) is 53.6 cm³/mol. The molecular formula is C12H18O. The number of carbonyl (C=O) groups is 1. The molecule has 2 fully saturated rings. The Labute approximate surface area is 80.2 Å². The Morgan fingerprint density at radius 3 is 1.77 bits per heavy atom. The maximum Gasteiger partial charge on any atom is 0.133 e. The van der Waals surface area contributed by atoms with Gasteiger partial charge in [-0.25, -0.2) is 0 Å². The summed E-state index contributed by atoms with van der Waals surface area (Å²) in [5.74, 6) is 0.472. The molecule has 0 atom stereocenters. The summed E-state index contributed by atoms with van der Waals surface area (Å²) in [6.07, 6.45) is 10.6. The maximum atomic E-state index is 11.1. The maximum absolute atomic E-state index is 11.1. The van der Waals surface area contributed by atoms with Crippen LogP contribution in [0.25, 0.3) is 0 Å². The summed E-state index contributed by atoms with van der Waals surface area (Å²) >= 11 is 0. The topological polar surface area (TPSA) is 17.1 Å². The Morgan fingerprint density at radius 1 is 0.615 bits per heavy atom. The summed E-state index contributed by atoms with van der Waals surface area (Å²) in [6, 6.07) is 0. The molecule has 1 heteroatoms. The fraction of sp³-hybridized carbons (Fsp3) is 0.750. The number of rotatable bonds is 0. The van der Waals surface area contributed by atoms with Crippen LogP contribution in [0.3, 0.4) is 0 Å². The Balaban J connectivity index is 2.01. The zero-order chi connectivity index (χ0) is 9.10. The minimum atomic E-state index is 0.472. The quantitative estimate of drug-likeness (QED) is 0.520. The lowest BCUT2D eigenvalue weighted by molar-refractivity contribution is -0.119. The van der Waals surface area contributed by atoms with Gasteiger partial charge in [0.25, 0.3) is 0 Å². The first-order valence-electron chi connectivity index (χ1n) is 5.58. The van der Waals surface area contributed by atoms with E-state index in [9.17, 15) is 4.79 Å². The summed E-state index contributed by atoms with van der Waals surface area (Å²) in [5.41, 5.74) is 3.35. The van der Waals surface area contributed by atoms with Crippen molar-refractivity contribution in [1.29, 1.82) is 0 Å². The lowest BCUT2D eigenvalue weighted by Gasteiger charge is -2.21. The van der Waals surface area contributed by atoms with E-state index in [0.29, 0.717) is 5.78 Å². The van der Waals surface area contributed by atoms with Crippen molar-refractivity contribution in [2.45, 2.75) is 57.8 Å². The minimum Gasteiger partial charge on any atom is -0.300 e. The van der Waals surface area contributed by atoms with E-state index in [1.54, 1.807) is 11.1 Å². The number of allylic oxidation sites excluding steroid dienone is 2. The molecule has 0 spiro atoms. The van der Waals surface area contributed by atoms with E-state index in [-0.39, 0.29) is 0 Å². The van der Waals surface area contributed by atoms with Gasteiger partial charge >= 0.3 is 0 Å². The summed E-state index contributed by atoms with van der Waals surface area (Å²) < 4.78 is 0. The van der Waals surface area contributed by atoms with E-state index in [4.69, 9.17) is 0 Å². The van der Waals surface area contributed by atoms with Gasteiger partial charge in [-0.05, 0) is 38.5 Å². The Hall–Kier alpha value is -0.590. The molecule has 0 heterocycles. The van der Waals surface area contributed by atoms with Crippen LogP contribution in [0.15, 0.2) is 11.1 Å². The summed E-state index contributed by atoms with van der Waals surface area (Å²) in [5, 5.41) is 0. The van der Waals surface area contributed by atoms with Gasteiger partial charge in [-0.3, -0.25) is 4.79 Å². The van der Waals surface area contributed by atoms with Crippen LogP contribution < -0.4 is 0 Å². The second kappa shape index (κ2) is 4.08. The molecule has 0 aromatic heterocycles. The van der Waals surface area contributed by atoms with Gasteiger partial charge in [-0.15, -0.1) is 0 Å². The van der Waals surface area contributed by atoms with Gasteiger partial charge in [-0.2, -0.15) is 0 Å². The molecule has 2 aliphatic rings. The van der Waals surface area contributed by atoms with Crippen molar-refractivity contribution in [2.75, 3.05) is 0 Å². The molecule has 2 saturated carbocycles. The Morgan fingerprint density at radius 2 is 1.15 bits per heavy atom. The van der Waals surface area contributed by atoms with Crippen molar-refractivity contribution in [3.8, 4) is 0 Å². The zero-order valence-electron chi connectivity index (χ0n) is 8.27. The molecule has 1 nitrogen and oxygen atoms in total. The van der Waals surface area contributed by atoms with Crippen molar-refractivity contribution in [2.24, 2.45) is 0 Å². The lowest BCUT2D eigenvalue weighted by atomic mass is 9.84. The first-order chi connectivity index (χ1) is 6.36. The van der Waals surface area contributed by atoms with E-state index >= 15 is 0 Å². The average Bonchev–Trinajstić information content (AvgIpc) is 2.20. The van der Waals surface area contributed by atoms with Crippen molar-refractivity contribution >= 4 is 5.78 Å². The van der Waals surface area contributed by atoms with Crippen molar-refractivity contribution in [3.63, 3.8) is 0 Å². The number of Topliss-reactive ketones (excluding diaryl/α,β-unsaturated/α-hetero) is 1. The van der Waals surface area contributed by atoms with Crippen molar-refractivity contribution in [3.05, 3.63) is 11.1 Å². The molecule has 0 N–H and O–H groups in total. The van der Waals surface area contributed by atoms with Gasteiger partial charge in [0.1, 0.15) is 5.78 Å². The Bertz CT molecular complexity index is 218. The average molecular weight is 178 g/mol. The van der Waals surface area contributed by atoms with Crippen LogP contribution in [0, 0.1) is 0 Å². The van der Waals surface area contributed by atoms with E-state index in [0.717, 1.165) is 25.7 Å². The van der Waals surface area contributed by atoms with Crippen molar-refractivity contribution < 1.29 is 4.79 Å². The number of hydrogen-bond acceptors (Lipinski definition) is 1. The minimum absolute atomic E-state index is 0.472. The number of carbonyl (C=O) groups excluding carboxylic acids is 1. The molecule has 72 valence electrons. The molecule has 0 aliphatic heterocycles. The fourth-order valence-corrected chi connectivity index (χ4v) is 2.52. The number of hydrogen-bond donors (Lipinski definition) is 0. The van der Waals surface area contributed by atoms with Crippen LogP contribution in [0.1, 0.15) is 57.8 Å². The smallest absolute Gasteiger partial charge is 0.133 e. The first kappa shape index (κ1) is 8.98. The van der Waals surface area contributed by atoms with Crippen LogP contribution in [0.4, 0.5) is 0 Å².